The van der Waals surface area contributed by atoms with E-state index in [1.807, 2.05) is 12.3 Å². The zero-order valence-electron chi connectivity index (χ0n) is 14.0. The second-order valence-electron chi connectivity index (χ2n) is 5.86. The summed E-state index contributed by atoms with van der Waals surface area (Å²) in [7, 11) is 0. The number of likely N-dealkylation sites (N-methyl/N-ethyl adjacent to an activating group) is 1. The van der Waals surface area contributed by atoms with Crippen LogP contribution in [0.1, 0.15) is 18.2 Å². The van der Waals surface area contributed by atoms with Gasteiger partial charge >= 0.3 is 0 Å². The molecule has 6 heteroatoms. The number of carbonyl (C=O) groups excluding carboxylic acids is 1. The zero-order chi connectivity index (χ0) is 16.8. The largest absolute Gasteiger partial charge is 0.379 e. The van der Waals surface area contributed by atoms with Crippen LogP contribution in [0, 0.1) is 0 Å². The van der Waals surface area contributed by atoms with Gasteiger partial charge in [-0.15, -0.1) is 11.3 Å². The number of hydrogen-bond donors (Lipinski definition) is 1. The molecule has 1 aliphatic heterocycles. The molecule has 1 aromatic carbocycles. The van der Waals surface area contributed by atoms with Crippen molar-refractivity contribution in [2.75, 3.05) is 32.8 Å². The van der Waals surface area contributed by atoms with Gasteiger partial charge in [-0.1, -0.05) is 24.3 Å². The Morgan fingerprint density at radius 3 is 2.75 bits per heavy atom. The molecule has 5 nitrogen and oxygen atoms in total. The average Bonchev–Trinajstić information content (AvgIpc) is 3.05. The molecule has 0 atom stereocenters. The third kappa shape index (κ3) is 4.63. The Balaban J connectivity index is 1.60. The van der Waals surface area contributed by atoms with Gasteiger partial charge in [-0.05, 0) is 12.5 Å². The SMILES string of the molecule is CCNC(=O)Cc1csc(-c2ccc(CN3CCOCC3)cc2)n1. The third-order valence-electron chi connectivity index (χ3n) is 3.98. The van der Waals surface area contributed by atoms with Crippen LogP contribution in [0.15, 0.2) is 29.6 Å². The molecule has 3 rings (SSSR count). The maximum atomic E-state index is 11.6. The standard InChI is InChI=1S/C18H23N3O2S/c1-2-19-17(22)11-16-13-24-18(20-16)15-5-3-14(4-6-15)12-21-7-9-23-10-8-21/h3-6,13H,2,7-12H2,1H3,(H,19,22). The summed E-state index contributed by atoms with van der Waals surface area (Å²) >= 11 is 1.59. The predicted molar refractivity (Wildman–Crippen MR) is 96.0 cm³/mol. The molecule has 2 heterocycles. The van der Waals surface area contributed by atoms with Crippen molar-refractivity contribution in [1.29, 1.82) is 0 Å². The molecule has 1 saturated heterocycles. The summed E-state index contributed by atoms with van der Waals surface area (Å²) < 4.78 is 5.38. The first kappa shape index (κ1) is 17.1. The van der Waals surface area contributed by atoms with E-state index in [1.165, 1.54) is 5.56 Å². The molecule has 0 aliphatic carbocycles. The lowest BCUT2D eigenvalue weighted by Crippen LogP contribution is -2.35. The Labute approximate surface area is 146 Å². The van der Waals surface area contributed by atoms with E-state index in [-0.39, 0.29) is 5.91 Å². The van der Waals surface area contributed by atoms with Gasteiger partial charge in [0, 0.05) is 37.1 Å². The van der Waals surface area contributed by atoms with Crippen molar-refractivity contribution >= 4 is 17.2 Å². The van der Waals surface area contributed by atoms with E-state index in [4.69, 9.17) is 4.74 Å². The van der Waals surface area contributed by atoms with E-state index in [9.17, 15) is 4.79 Å². The van der Waals surface area contributed by atoms with E-state index in [0.29, 0.717) is 13.0 Å². The van der Waals surface area contributed by atoms with Gasteiger partial charge in [-0.3, -0.25) is 9.69 Å². The Morgan fingerprint density at radius 2 is 2.04 bits per heavy atom. The first-order chi connectivity index (χ1) is 11.7. The van der Waals surface area contributed by atoms with Crippen molar-refractivity contribution in [3.8, 4) is 10.6 Å². The number of morpholine rings is 1. The highest BCUT2D eigenvalue weighted by Gasteiger charge is 2.11. The monoisotopic (exact) mass is 345 g/mol. The molecule has 1 amide bonds. The number of benzene rings is 1. The van der Waals surface area contributed by atoms with Crippen LogP contribution in [0.3, 0.4) is 0 Å². The fourth-order valence-corrected chi connectivity index (χ4v) is 3.54. The number of rotatable bonds is 6. The van der Waals surface area contributed by atoms with Crippen LogP contribution >= 0.6 is 11.3 Å². The number of nitrogens with one attached hydrogen (secondary N) is 1. The number of ether oxygens (including phenoxy) is 1. The fraction of sp³-hybridized carbons (Fsp3) is 0.444. The number of nitrogens with zero attached hydrogens (tertiary/aromatic N) is 2. The summed E-state index contributed by atoms with van der Waals surface area (Å²) in [5.74, 6) is 0.0233. The van der Waals surface area contributed by atoms with Crippen molar-refractivity contribution in [2.45, 2.75) is 19.9 Å². The number of hydrogen-bond acceptors (Lipinski definition) is 5. The van der Waals surface area contributed by atoms with E-state index in [1.54, 1.807) is 11.3 Å². The highest BCUT2D eigenvalue weighted by Crippen LogP contribution is 2.24. The minimum absolute atomic E-state index is 0.0233. The maximum absolute atomic E-state index is 11.6. The third-order valence-corrected chi connectivity index (χ3v) is 4.92. The quantitative estimate of drug-likeness (QED) is 0.873. The van der Waals surface area contributed by atoms with Gasteiger partial charge in [0.1, 0.15) is 5.01 Å². The minimum Gasteiger partial charge on any atom is -0.379 e. The summed E-state index contributed by atoms with van der Waals surface area (Å²) in [6.07, 6.45) is 0.347. The lowest BCUT2D eigenvalue weighted by Gasteiger charge is -2.26. The second-order valence-corrected chi connectivity index (χ2v) is 6.72. The average molecular weight is 345 g/mol. The number of amides is 1. The fourth-order valence-electron chi connectivity index (χ4n) is 2.72. The van der Waals surface area contributed by atoms with Crippen LogP contribution in [-0.2, 0) is 22.5 Å². The summed E-state index contributed by atoms with van der Waals surface area (Å²) in [4.78, 5) is 18.6. The Morgan fingerprint density at radius 1 is 1.29 bits per heavy atom. The topological polar surface area (TPSA) is 54.5 Å². The van der Waals surface area contributed by atoms with Crippen LogP contribution in [-0.4, -0.2) is 48.6 Å². The molecule has 24 heavy (non-hydrogen) atoms. The van der Waals surface area contributed by atoms with Gasteiger partial charge in [0.25, 0.3) is 0 Å². The molecule has 1 N–H and O–H groups in total. The van der Waals surface area contributed by atoms with Crippen molar-refractivity contribution in [2.24, 2.45) is 0 Å². The molecule has 0 saturated carbocycles. The van der Waals surface area contributed by atoms with E-state index < -0.39 is 0 Å². The molecule has 1 aromatic heterocycles. The van der Waals surface area contributed by atoms with E-state index >= 15 is 0 Å². The first-order valence-electron chi connectivity index (χ1n) is 8.35. The van der Waals surface area contributed by atoms with Gasteiger partial charge in [0.15, 0.2) is 0 Å². The van der Waals surface area contributed by atoms with Crippen molar-refractivity contribution < 1.29 is 9.53 Å². The van der Waals surface area contributed by atoms with Crippen molar-refractivity contribution in [3.05, 3.63) is 40.9 Å². The van der Waals surface area contributed by atoms with Gasteiger partial charge in [0.05, 0.1) is 25.3 Å². The van der Waals surface area contributed by atoms with Crippen LogP contribution in [0.2, 0.25) is 0 Å². The maximum Gasteiger partial charge on any atom is 0.226 e. The highest BCUT2D eigenvalue weighted by molar-refractivity contribution is 7.13. The summed E-state index contributed by atoms with van der Waals surface area (Å²) in [5.41, 5.74) is 3.24. The Kier molecular flexibility index (Phi) is 5.96. The lowest BCUT2D eigenvalue weighted by atomic mass is 10.1. The molecule has 0 unspecified atom stereocenters. The molecular formula is C18H23N3O2S. The normalized spacial score (nSPS) is 15.4. The molecule has 0 bridgehead atoms. The molecule has 0 radical (unpaired) electrons. The first-order valence-corrected chi connectivity index (χ1v) is 9.23. The smallest absolute Gasteiger partial charge is 0.226 e. The Hall–Kier alpha value is -1.76. The zero-order valence-corrected chi connectivity index (χ0v) is 14.8. The van der Waals surface area contributed by atoms with Gasteiger partial charge < -0.3 is 10.1 Å². The molecular weight excluding hydrogens is 322 g/mol. The summed E-state index contributed by atoms with van der Waals surface area (Å²) in [6.45, 7) is 7.18. The molecule has 128 valence electrons. The van der Waals surface area contributed by atoms with Crippen LogP contribution in [0.4, 0.5) is 0 Å². The molecule has 2 aromatic rings. The Bertz CT molecular complexity index is 663. The van der Waals surface area contributed by atoms with Crippen LogP contribution in [0.25, 0.3) is 10.6 Å². The van der Waals surface area contributed by atoms with Gasteiger partial charge in [0.2, 0.25) is 5.91 Å². The number of thiazole rings is 1. The predicted octanol–water partition coefficient (Wildman–Crippen LogP) is 2.32. The van der Waals surface area contributed by atoms with Gasteiger partial charge in [-0.25, -0.2) is 4.98 Å². The molecule has 1 aliphatic rings. The summed E-state index contributed by atoms with van der Waals surface area (Å²) in [5, 5.41) is 5.73. The highest BCUT2D eigenvalue weighted by atomic mass is 32.1. The van der Waals surface area contributed by atoms with E-state index in [0.717, 1.165) is 49.1 Å². The van der Waals surface area contributed by atoms with Crippen molar-refractivity contribution in [1.82, 2.24) is 15.2 Å². The second kappa shape index (κ2) is 8.37. The number of carbonyl (C=O) groups is 1. The van der Waals surface area contributed by atoms with Gasteiger partial charge in [-0.2, -0.15) is 0 Å². The molecule has 0 spiro atoms. The molecule has 1 fully saturated rings. The number of aromatic nitrogens is 1. The lowest BCUT2D eigenvalue weighted by molar-refractivity contribution is -0.120. The van der Waals surface area contributed by atoms with Crippen molar-refractivity contribution in [3.63, 3.8) is 0 Å². The minimum atomic E-state index is 0.0233. The van der Waals surface area contributed by atoms with E-state index in [2.05, 4.69) is 39.5 Å². The summed E-state index contributed by atoms with van der Waals surface area (Å²) in [6, 6.07) is 8.56. The van der Waals surface area contributed by atoms with Crippen LogP contribution in [0.5, 0.6) is 0 Å². The van der Waals surface area contributed by atoms with Crippen LogP contribution < -0.4 is 5.32 Å².